The molecule has 1 amide bonds. The van der Waals surface area contributed by atoms with Gasteiger partial charge < -0.3 is 14.8 Å². The van der Waals surface area contributed by atoms with E-state index in [1.165, 1.54) is 6.08 Å². The van der Waals surface area contributed by atoms with E-state index in [0.717, 1.165) is 24.2 Å². The lowest BCUT2D eigenvalue weighted by Gasteiger charge is -2.17. The van der Waals surface area contributed by atoms with Crippen molar-refractivity contribution in [2.45, 2.75) is 31.9 Å². The van der Waals surface area contributed by atoms with Gasteiger partial charge >= 0.3 is 5.97 Å². The van der Waals surface area contributed by atoms with Crippen LogP contribution in [0.3, 0.4) is 0 Å². The third-order valence-corrected chi connectivity index (χ3v) is 4.10. The molecular weight excluding hydrogens is 342 g/mol. The Balaban J connectivity index is 1.65. The molecule has 1 atom stereocenters. The molecule has 3 rings (SSSR count). The van der Waals surface area contributed by atoms with Crippen LogP contribution in [0.4, 0.5) is 0 Å². The summed E-state index contributed by atoms with van der Waals surface area (Å²) in [5.41, 5.74) is 1.49. The number of benzene rings is 2. The summed E-state index contributed by atoms with van der Waals surface area (Å²) < 4.78 is 10.8. The first-order chi connectivity index (χ1) is 13.2. The minimum atomic E-state index is -0.954. The van der Waals surface area contributed by atoms with Crippen molar-refractivity contribution >= 4 is 18.0 Å². The highest BCUT2D eigenvalue weighted by atomic mass is 16.5. The maximum absolute atomic E-state index is 12.5. The first-order valence-electron chi connectivity index (χ1n) is 9.12. The van der Waals surface area contributed by atoms with E-state index in [1.807, 2.05) is 49.4 Å². The highest BCUT2D eigenvalue weighted by Gasteiger charge is 2.30. The monoisotopic (exact) mass is 365 g/mol. The zero-order chi connectivity index (χ0) is 19.1. The van der Waals surface area contributed by atoms with Crippen molar-refractivity contribution in [3.63, 3.8) is 0 Å². The number of carbonyl (C=O) groups excluding carboxylic acids is 2. The number of hydrogen-bond donors (Lipinski definition) is 1. The van der Waals surface area contributed by atoms with Gasteiger partial charge in [0.2, 0.25) is 6.10 Å². The molecular formula is C22H23NO4. The Morgan fingerprint density at radius 3 is 2.44 bits per heavy atom. The van der Waals surface area contributed by atoms with Gasteiger partial charge in [-0.15, -0.1) is 0 Å². The van der Waals surface area contributed by atoms with Crippen molar-refractivity contribution < 1.29 is 19.1 Å². The Bertz CT molecular complexity index is 795. The van der Waals surface area contributed by atoms with Gasteiger partial charge in [-0.05, 0) is 43.5 Å². The number of esters is 1. The highest BCUT2D eigenvalue weighted by Crippen LogP contribution is 2.23. The third-order valence-electron chi connectivity index (χ3n) is 4.10. The predicted octanol–water partition coefficient (Wildman–Crippen LogP) is 3.66. The topological polar surface area (TPSA) is 64.6 Å². The van der Waals surface area contributed by atoms with Crippen LogP contribution in [0, 0.1) is 0 Å². The van der Waals surface area contributed by atoms with Crippen LogP contribution in [0.1, 0.15) is 37.0 Å². The second-order valence-corrected chi connectivity index (χ2v) is 6.35. The summed E-state index contributed by atoms with van der Waals surface area (Å²) in [4.78, 5) is 24.7. The van der Waals surface area contributed by atoms with Crippen molar-refractivity contribution in [2.24, 2.45) is 0 Å². The zero-order valence-electron chi connectivity index (χ0n) is 15.3. The van der Waals surface area contributed by atoms with Crippen LogP contribution in [-0.2, 0) is 14.3 Å². The molecule has 1 N–H and O–H groups in total. The molecule has 1 fully saturated rings. The van der Waals surface area contributed by atoms with Gasteiger partial charge in [0, 0.05) is 17.7 Å². The van der Waals surface area contributed by atoms with Crippen molar-refractivity contribution in [3.05, 3.63) is 71.8 Å². The van der Waals surface area contributed by atoms with Crippen LogP contribution < -0.4 is 10.1 Å². The Morgan fingerprint density at radius 1 is 1.11 bits per heavy atom. The smallest absolute Gasteiger partial charge is 0.331 e. The van der Waals surface area contributed by atoms with E-state index in [-0.39, 0.29) is 11.9 Å². The summed E-state index contributed by atoms with van der Waals surface area (Å²) in [6, 6.07) is 16.6. The fourth-order valence-corrected chi connectivity index (χ4v) is 2.57. The standard InChI is InChI=1S/C22H23NO4/c1-2-26-19-13-8-16(9-14-19)10-15-20(24)27-21(17-6-4-3-5-7-17)22(25)23-18-11-12-18/h3-10,13-15,18,21H,2,11-12H2,1H3,(H,23,25)/b15-10+/t21-/m0/s1. The molecule has 0 bridgehead atoms. The molecule has 1 saturated carbocycles. The van der Waals surface area contributed by atoms with Crippen LogP contribution in [-0.4, -0.2) is 24.5 Å². The molecule has 5 heteroatoms. The molecule has 0 unspecified atom stereocenters. The summed E-state index contributed by atoms with van der Waals surface area (Å²) in [7, 11) is 0. The van der Waals surface area contributed by atoms with Crippen LogP contribution in [0.25, 0.3) is 6.08 Å². The molecule has 5 nitrogen and oxygen atoms in total. The van der Waals surface area contributed by atoms with E-state index in [9.17, 15) is 9.59 Å². The van der Waals surface area contributed by atoms with E-state index < -0.39 is 12.1 Å². The molecule has 0 aliphatic heterocycles. The quantitative estimate of drug-likeness (QED) is 0.573. The van der Waals surface area contributed by atoms with Crippen LogP contribution >= 0.6 is 0 Å². The van der Waals surface area contributed by atoms with Gasteiger partial charge in [-0.1, -0.05) is 42.5 Å². The molecule has 2 aromatic carbocycles. The lowest BCUT2D eigenvalue weighted by Crippen LogP contribution is -2.33. The van der Waals surface area contributed by atoms with E-state index in [2.05, 4.69) is 5.32 Å². The van der Waals surface area contributed by atoms with Crippen molar-refractivity contribution in [3.8, 4) is 5.75 Å². The molecule has 2 aromatic rings. The summed E-state index contributed by atoms with van der Waals surface area (Å²) in [6.07, 6.45) is 3.97. The van der Waals surface area contributed by atoms with Gasteiger partial charge in [0.25, 0.3) is 5.91 Å². The van der Waals surface area contributed by atoms with Crippen LogP contribution in [0.15, 0.2) is 60.7 Å². The summed E-state index contributed by atoms with van der Waals surface area (Å²) in [5, 5.41) is 2.90. The minimum absolute atomic E-state index is 0.196. The van der Waals surface area contributed by atoms with Gasteiger partial charge in [0.05, 0.1) is 6.61 Å². The fraction of sp³-hybridized carbons (Fsp3) is 0.273. The van der Waals surface area contributed by atoms with E-state index in [4.69, 9.17) is 9.47 Å². The maximum Gasteiger partial charge on any atom is 0.331 e. The summed E-state index contributed by atoms with van der Waals surface area (Å²) in [5.74, 6) is -0.0756. The summed E-state index contributed by atoms with van der Waals surface area (Å²) in [6.45, 7) is 2.53. The largest absolute Gasteiger partial charge is 0.494 e. The number of nitrogens with one attached hydrogen (secondary N) is 1. The van der Waals surface area contributed by atoms with E-state index in [1.54, 1.807) is 18.2 Å². The van der Waals surface area contributed by atoms with Gasteiger partial charge in [-0.3, -0.25) is 4.79 Å². The number of hydrogen-bond acceptors (Lipinski definition) is 4. The van der Waals surface area contributed by atoms with Crippen LogP contribution in [0.2, 0.25) is 0 Å². The number of amides is 1. The number of ether oxygens (including phenoxy) is 2. The molecule has 0 aromatic heterocycles. The molecule has 27 heavy (non-hydrogen) atoms. The third kappa shape index (κ3) is 5.71. The molecule has 1 aliphatic rings. The average molecular weight is 365 g/mol. The number of rotatable bonds is 8. The van der Waals surface area contributed by atoms with E-state index in [0.29, 0.717) is 12.2 Å². The van der Waals surface area contributed by atoms with Crippen molar-refractivity contribution in [2.75, 3.05) is 6.61 Å². The molecule has 0 spiro atoms. The molecule has 1 aliphatic carbocycles. The molecule has 0 heterocycles. The zero-order valence-corrected chi connectivity index (χ0v) is 15.3. The molecule has 0 radical (unpaired) electrons. The minimum Gasteiger partial charge on any atom is -0.494 e. The SMILES string of the molecule is CCOc1ccc(/C=C/C(=O)O[C@H](C(=O)NC2CC2)c2ccccc2)cc1. The Morgan fingerprint density at radius 2 is 1.81 bits per heavy atom. The van der Waals surface area contributed by atoms with E-state index >= 15 is 0 Å². The summed E-state index contributed by atoms with van der Waals surface area (Å²) >= 11 is 0. The van der Waals surface area contributed by atoms with Crippen molar-refractivity contribution in [1.82, 2.24) is 5.32 Å². The Labute approximate surface area is 159 Å². The normalized spacial score (nSPS) is 14.6. The number of carbonyl (C=O) groups is 2. The Kier molecular flexibility index (Phi) is 6.26. The molecule has 140 valence electrons. The van der Waals surface area contributed by atoms with Gasteiger partial charge in [-0.25, -0.2) is 4.79 Å². The first kappa shape index (κ1) is 18.7. The van der Waals surface area contributed by atoms with Crippen molar-refractivity contribution in [1.29, 1.82) is 0 Å². The van der Waals surface area contributed by atoms with Gasteiger partial charge in [-0.2, -0.15) is 0 Å². The fourth-order valence-electron chi connectivity index (χ4n) is 2.57. The first-order valence-corrected chi connectivity index (χ1v) is 9.12. The lowest BCUT2D eigenvalue weighted by molar-refractivity contribution is -0.151. The second kappa shape index (κ2) is 9.03. The average Bonchev–Trinajstić information content (AvgIpc) is 3.50. The highest BCUT2D eigenvalue weighted by molar-refractivity contribution is 5.91. The van der Waals surface area contributed by atoms with Gasteiger partial charge in [0.1, 0.15) is 5.75 Å². The maximum atomic E-state index is 12.5. The second-order valence-electron chi connectivity index (χ2n) is 6.35. The Hall–Kier alpha value is -3.08. The molecule has 0 saturated heterocycles. The van der Waals surface area contributed by atoms with Gasteiger partial charge in [0.15, 0.2) is 0 Å². The predicted molar refractivity (Wildman–Crippen MR) is 103 cm³/mol. The van der Waals surface area contributed by atoms with Crippen LogP contribution in [0.5, 0.6) is 5.75 Å². The lowest BCUT2D eigenvalue weighted by atomic mass is 10.1.